The number of amides is 1. The average molecular weight is 489 g/mol. The van der Waals surface area contributed by atoms with Crippen molar-refractivity contribution in [3.63, 3.8) is 0 Å². The van der Waals surface area contributed by atoms with Crippen molar-refractivity contribution in [2.75, 3.05) is 4.31 Å². The number of carbonyl (C=O) groups excluding carboxylic acids is 1. The number of aryl methyl sites for hydroxylation is 1. The van der Waals surface area contributed by atoms with Crippen LogP contribution in [0.15, 0.2) is 65.6 Å². The van der Waals surface area contributed by atoms with Crippen LogP contribution in [-0.4, -0.2) is 20.4 Å². The molecule has 32 heavy (non-hydrogen) atoms. The molecule has 3 aromatic rings. The monoisotopic (exact) mass is 488 g/mol. The molecule has 4 rings (SSSR count). The van der Waals surface area contributed by atoms with Crippen LogP contribution in [0.1, 0.15) is 34.0 Å². The second kappa shape index (κ2) is 8.77. The van der Waals surface area contributed by atoms with Gasteiger partial charge in [0.15, 0.2) is 0 Å². The van der Waals surface area contributed by atoms with Crippen LogP contribution in [0.4, 0.5) is 5.69 Å². The van der Waals surface area contributed by atoms with Crippen LogP contribution in [0.25, 0.3) is 0 Å². The van der Waals surface area contributed by atoms with Crippen molar-refractivity contribution in [2.45, 2.75) is 37.8 Å². The molecule has 0 fully saturated rings. The van der Waals surface area contributed by atoms with Gasteiger partial charge >= 0.3 is 0 Å². The van der Waals surface area contributed by atoms with Crippen molar-refractivity contribution >= 4 is 44.8 Å². The summed E-state index contributed by atoms with van der Waals surface area (Å²) in [6.07, 6.45) is 0.532. The van der Waals surface area contributed by atoms with Crippen LogP contribution in [0.5, 0.6) is 0 Å². The molecule has 0 aliphatic carbocycles. The van der Waals surface area contributed by atoms with Gasteiger partial charge in [-0.25, -0.2) is 8.42 Å². The Morgan fingerprint density at radius 1 is 1.06 bits per heavy atom. The number of nitrogens with zero attached hydrogens (tertiary/aromatic N) is 1. The zero-order valence-corrected chi connectivity index (χ0v) is 19.9. The van der Waals surface area contributed by atoms with E-state index in [2.05, 4.69) is 5.32 Å². The molecule has 1 aliphatic heterocycles. The van der Waals surface area contributed by atoms with Crippen LogP contribution in [-0.2, 0) is 23.0 Å². The van der Waals surface area contributed by atoms with Gasteiger partial charge in [0.1, 0.15) is 0 Å². The highest BCUT2D eigenvalue weighted by Crippen LogP contribution is 2.37. The first-order chi connectivity index (χ1) is 15.2. The summed E-state index contributed by atoms with van der Waals surface area (Å²) in [4.78, 5) is 13.0. The fourth-order valence-corrected chi connectivity index (χ4v) is 6.04. The highest BCUT2D eigenvalue weighted by atomic mass is 35.5. The van der Waals surface area contributed by atoms with E-state index in [1.807, 2.05) is 13.8 Å². The molecule has 0 unspecified atom stereocenters. The first kappa shape index (κ1) is 22.6. The van der Waals surface area contributed by atoms with Gasteiger partial charge in [0.2, 0.25) is 0 Å². The molecule has 1 amide bonds. The van der Waals surface area contributed by atoms with Crippen molar-refractivity contribution in [1.82, 2.24) is 5.32 Å². The number of anilines is 1. The van der Waals surface area contributed by atoms with Gasteiger partial charge in [-0.2, -0.15) is 0 Å². The van der Waals surface area contributed by atoms with Crippen LogP contribution >= 0.6 is 23.2 Å². The van der Waals surface area contributed by atoms with Crippen LogP contribution < -0.4 is 9.62 Å². The minimum Gasteiger partial charge on any atom is -0.348 e. The number of fused-ring (bicyclic) bond motifs is 1. The highest BCUT2D eigenvalue weighted by molar-refractivity contribution is 7.92. The lowest BCUT2D eigenvalue weighted by Gasteiger charge is -2.24. The summed E-state index contributed by atoms with van der Waals surface area (Å²) in [6, 6.07) is 16.8. The zero-order chi connectivity index (χ0) is 23.0. The molecule has 0 aromatic heterocycles. The largest absolute Gasteiger partial charge is 0.348 e. The van der Waals surface area contributed by atoms with E-state index in [0.717, 1.165) is 16.7 Å². The maximum atomic E-state index is 13.3. The Bertz CT molecular complexity index is 1290. The zero-order valence-electron chi connectivity index (χ0n) is 17.6. The van der Waals surface area contributed by atoms with Crippen molar-refractivity contribution in [1.29, 1.82) is 0 Å². The molecule has 1 aliphatic rings. The Morgan fingerprint density at radius 3 is 2.47 bits per heavy atom. The molecule has 0 spiro atoms. The minimum atomic E-state index is -3.70. The summed E-state index contributed by atoms with van der Waals surface area (Å²) in [6.45, 7) is 4.04. The van der Waals surface area contributed by atoms with E-state index in [9.17, 15) is 13.2 Å². The standard InChI is InChI=1S/C24H22Cl2N2O3S/c1-15-3-8-21(9-4-15)32(30,31)28-16(2)11-19-12-17(6-10-23(19)28)24(29)27-14-18-5-7-20(25)13-22(18)26/h3-10,12-13,16H,11,14H2,1-2H3,(H,27,29)/t16-/m1/s1. The molecule has 0 radical (unpaired) electrons. The second-order valence-electron chi connectivity index (χ2n) is 7.93. The van der Waals surface area contributed by atoms with Crippen molar-refractivity contribution in [2.24, 2.45) is 0 Å². The van der Waals surface area contributed by atoms with Crippen LogP contribution in [0.3, 0.4) is 0 Å². The van der Waals surface area contributed by atoms with E-state index in [1.165, 1.54) is 4.31 Å². The minimum absolute atomic E-state index is 0.248. The van der Waals surface area contributed by atoms with E-state index in [4.69, 9.17) is 23.2 Å². The number of sulfonamides is 1. The van der Waals surface area contributed by atoms with E-state index < -0.39 is 10.0 Å². The highest BCUT2D eigenvalue weighted by Gasteiger charge is 2.36. The number of hydrogen-bond donors (Lipinski definition) is 1. The van der Waals surface area contributed by atoms with Gasteiger partial charge in [-0.15, -0.1) is 0 Å². The Kier molecular flexibility index (Phi) is 6.21. The number of benzene rings is 3. The topological polar surface area (TPSA) is 66.5 Å². The molecule has 0 bridgehead atoms. The summed E-state index contributed by atoms with van der Waals surface area (Å²) in [5.74, 6) is -0.258. The molecule has 1 heterocycles. The SMILES string of the molecule is Cc1ccc(S(=O)(=O)N2c3ccc(C(=O)NCc4ccc(Cl)cc4Cl)cc3C[C@H]2C)cc1. The number of carbonyl (C=O) groups is 1. The normalized spacial score (nSPS) is 15.5. The Labute approximate surface area is 198 Å². The predicted molar refractivity (Wildman–Crippen MR) is 128 cm³/mol. The smallest absolute Gasteiger partial charge is 0.264 e. The van der Waals surface area contributed by atoms with Gasteiger partial charge in [-0.3, -0.25) is 9.10 Å². The average Bonchev–Trinajstić information content (AvgIpc) is 3.08. The lowest BCUT2D eigenvalue weighted by molar-refractivity contribution is 0.0951. The van der Waals surface area contributed by atoms with E-state index >= 15 is 0 Å². The van der Waals surface area contributed by atoms with Crippen LogP contribution in [0, 0.1) is 6.92 Å². The van der Waals surface area contributed by atoms with Crippen molar-refractivity contribution in [3.8, 4) is 0 Å². The van der Waals surface area contributed by atoms with Crippen molar-refractivity contribution < 1.29 is 13.2 Å². The van der Waals surface area contributed by atoms with Gasteiger partial charge in [0.05, 0.1) is 10.6 Å². The van der Waals surface area contributed by atoms with Crippen LogP contribution in [0.2, 0.25) is 10.0 Å². The van der Waals surface area contributed by atoms with E-state index in [0.29, 0.717) is 27.7 Å². The molecular formula is C24H22Cl2N2O3S. The van der Waals surface area contributed by atoms with Gasteiger partial charge in [0, 0.05) is 28.2 Å². The summed E-state index contributed by atoms with van der Waals surface area (Å²) < 4.78 is 28.0. The molecule has 0 saturated carbocycles. The first-order valence-corrected chi connectivity index (χ1v) is 12.3. The number of nitrogens with one attached hydrogen (secondary N) is 1. The Morgan fingerprint density at radius 2 is 1.78 bits per heavy atom. The maximum Gasteiger partial charge on any atom is 0.264 e. The van der Waals surface area contributed by atoms with Gasteiger partial charge in [-0.05, 0) is 73.9 Å². The molecule has 3 aromatic carbocycles. The summed E-state index contributed by atoms with van der Waals surface area (Å²) in [5, 5.41) is 3.87. The fraction of sp³-hybridized carbons (Fsp3) is 0.208. The quantitative estimate of drug-likeness (QED) is 0.524. The third kappa shape index (κ3) is 4.35. The molecule has 1 N–H and O–H groups in total. The number of halogens is 2. The molecule has 5 nitrogen and oxygen atoms in total. The lowest BCUT2D eigenvalue weighted by Crippen LogP contribution is -2.35. The Hall–Kier alpha value is -2.54. The molecule has 1 atom stereocenters. The molecular weight excluding hydrogens is 467 g/mol. The lowest BCUT2D eigenvalue weighted by atomic mass is 10.1. The molecule has 8 heteroatoms. The second-order valence-corrected chi connectivity index (χ2v) is 10.6. The van der Waals surface area contributed by atoms with Gasteiger partial charge in [-0.1, -0.05) is 47.0 Å². The van der Waals surface area contributed by atoms with Crippen molar-refractivity contribution in [3.05, 3.63) is 93.0 Å². The summed E-state index contributed by atoms with van der Waals surface area (Å²) in [7, 11) is -3.70. The number of rotatable bonds is 5. The van der Waals surface area contributed by atoms with Gasteiger partial charge in [0.25, 0.3) is 15.9 Å². The third-order valence-electron chi connectivity index (χ3n) is 5.53. The van der Waals surface area contributed by atoms with Gasteiger partial charge < -0.3 is 5.32 Å². The third-order valence-corrected chi connectivity index (χ3v) is 8.06. The van der Waals surface area contributed by atoms with E-state index in [1.54, 1.807) is 60.7 Å². The summed E-state index contributed by atoms with van der Waals surface area (Å²) in [5.41, 5.74) is 3.65. The summed E-state index contributed by atoms with van der Waals surface area (Å²) >= 11 is 12.1. The molecule has 0 saturated heterocycles. The van der Waals surface area contributed by atoms with E-state index in [-0.39, 0.29) is 23.4 Å². The predicted octanol–water partition coefficient (Wildman–Crippen LogP) is 5.37. The fourth-order valence-electron chi connectivity index (χ4n) is 3.88. The Balaban J connectivity index is 1.55. The first-order valence-electron chi connectivity index (χ1n) is 10.1. The molecule has 166 valence electrons. The number of hydrogen-bond acceptors (Lipinski definition) is 3. The maximum absolute atomic E-state index is 13.3.